The van der Waals surface area contributed by atoms with E-state index in [1.54, 1.807) is 0 Å². The summed E-state index contributed by atoms with van der Waals surface area (Å²) < 4.78 is 5.48. The molecule has 4 rings (SSSR count). The first-order chi connectivity index (χ1) is 11.3. The first-order valence-corrected chi connectivity index (χ1v) is 7.71. The Morgan fingerprint density at radius 3 is 2.78 bits per heavy atom. The summed E-state index contributed by atoms with van der Waals surface area (Å²) in [5, 5.41) is 15.2. The minimum Gasteiger partial charge on any atom is -0.441 e. The lowest BCUT2D eigenvalue weighted by atomic mass is 10.3. The van der Waals surface area contributed by atoms with Crippen LogP contribution in [-0.4, -0.2) is 41.4 Å². The molecule has 2 aromatic heterocycles. The minimum absolute atomic E-state index is 0.664. The molecule has 118 valence electrons. The number of aryl methyl sites for hydroxylation is 1. The Hall–Kier alpha value is -2.67. The number of aromatic nitrogens is 3. The van der Waals surface area contributed by atoms with Gasteiger partial charge in [0.25, 0.3) is 0 Å². The number of nitrogens with zero attached hydrogens (tertiary/aromatic N) is 4. The average Bonchev–Trinajstić information content (AvgIpc) is 2.96. The Morgan fingerprint density at radius 2 is 2.00 bits per heavy atom. The normalized spacial score (nSPS) is 15.1. The van der Waals surface area contributed by atoms with Crippen LogP contribution in [0.5, 0.6) is 0 Å². The summed E-state index contributed by atoms with van der Waals surface area (Å²) in [7, 11) is 0. The first kappa shape index (κ1) is 14.0. The van der Waals surface area contributed by atoms with Crippen LogP contribution in [0.25, 0.3) is 11.1 Å². The second-order valence-corrected chi connectivity index (χ2v) is 5.55. The van der Waals surface area contributed by atoms with Crippen molar-refractivity contribution < 1.29 is 4.42 Å². The molecule has 0 atom stereocenters. The van der Waals surface area contributed by atoms with Crippen LogP contribution >= 0.6 is 0 Å². The maximum absolute atomic E-state index is 5.48. The van der Waals surface area contributed by atoms with Gasteiger partial charge in [-0.1, -0.05) is 0 Å². The van der Waals surface area contributed by atoms with Gasteiger partial charge in [-0.3, -0.25) is 0 Å². The van der Waals surface area contributed by atoms with Crippen LogP contribution in [0.2, 0.25) is 0 Å². The average molecular weight is 310 g/mol. The summed E-state index contributed by atoms with van der Waals surface area (Å²) in [5.74, 6) is 2.29. The van der Waals surface area contributed by atoms with E-state index in [4.69, 9.17) is 4.42 Å². The van der Waals surface area contributed by atoms with Crippen molar-refractivity contribution in [1.82, 2.24) is 20.5 Å². The molecular weight excluding hydrogens is 292 g/mol. The van der Waals surface area contributed by atoms with Crippen LogP contribution in [0, 0.1) is 6.92 Å². The molecule has 0 spiro atoms. The third-order valence-corrected chi connectivity index (χ3v) is 3.86. The Morgan fingerprint density at radius 1 is 1.13 bits per heavy atom. The van der Waals surface area contributed by atoms with E-state index in [0.29, 0.717) is 11.7 Å². The molecule has 3 heterocycles. The number of hydrogen-bond donors (Lipinski definition) is 2. The lowest BCUT2D eigenvalue weighted by Gasteiger charge is -2.27. The second-order valence-electron chi connectivity index (χ2n) is 5.55. The van der Waals surface area contributed by atoms with Crippen molar-refractivity contribution in [2.24, 2.45) is 0 Å². The molecule has 3 aromatic rings. The molecule has 0 unspecified atom stereocenters. The molecule has 0 radical (unpaired) electrons. The van der Waals surface area contributed by atoms with Crippen molar-refractivity contribution >= 4 is 28.4 Å². The van der Waals surface area contributed by atoms with E-state index in [-0.39, 0.29) is 0 Å². The van der Waals surface area contributed by atoms with Crippen molar-refractivity contribution in [2.45, 2.75) is 6.92 Å². The van der Waals surface area contributed by atoms with Crippen LogP contribution in [0.4, 0.5) is 17.3 Å². The predicted molar refractivity (Wildman–Crippen MR) is 89.1 cm³/mol. The van der Waals surface area contributed by atoms with Gasteiger partial charge in [-0.05, 0) is 30.3 Å². The van der Waals surface area contributed by atoms with Crippen molar-refractivity contribution in [2.75, 3.05) is 36.4 Å². The molecule has 1 fully saturated rings. The van der Waals surface area contributed by atoms with Gasteiger partial charge in [0, 0.05) is 38.8 Å². The third-order valence-electron chi connectivity index (χ3n) is 3.86. The molecule has 1 saturated heterocycles. The fourth-order valence-electron chi connectivity index (χ4n) is 2.72. The van der Waals surface area contributed by atoms with Gasteiger partial charge < -0.3 is 20.0 Å². The van der Waals surface area contributed by atoms with E-state index in [0.717, 1.165) is 48.8 Å². The van der Waals surface area contributed by atoms with E-state index in [1.165, 1.54) is 0 Å². The van der Waals surface area contributed by atoms with Crippen LogP contribution in [0.15, 0.2) is 34.7 Å². The smallest absolute Gasteiger partial charge is 0.192 e. The maximum Gasteiger partial charge on any atom is 0.192 e. The van der Waals surface area contributed by atoms with E-state index in [1.807, 2.05) is 37.3 Å². The van der Waals surface area contributed by atoms with Gasteiger partial charge >= 0.3 is 0 Å². The molecular formula is C16H18N6O. The zero-order chi connectivity index (χ0) is 15.6. The molecule has 0 amide bonds. The van der Waals surface area contributed by atoms with Crippen LogP contribution in [-0.2, 0) is 0 Å². The SMILES string of the molecule is Cc1nc2cc(Nc3ccc(N4CCNCC4)nn3)ccc2o1. The van der Waals surface area contributed by atoms with Crippen LogP contribution in [0.3, 0.4) is 0 Å². The van der Waals surface area contributed by atoms with Gasteiger partial charge in [0.2, 0.25) is 0 Å². The summed E-state index contributed by atoms with van der Waals surface area (Å²) in [6.45, 7) is 5.73. The molecule has 2 N–H and O–H groups in total. The van der Waals surface area contributed by atoms with E-state index >= 15 is 0 Å². The molecule has 0 aliphatic carbocycles. The number of fused-ring (bicyclic) bond motifs is 1. The highest BCUT2D eigenvalue weighted by molar-refractivity contribution is 5.78. The molecule has 1 aliphatic heterocycles. The van der Waals surface area contributed by atoms with Gasteiger partial charge in [-0.2, -0.15) is 0 Å². The zero-order valence-corrected chi connectivity index (χ0v) is 12.9. The lowest BCUT2D eigenvalue weighted by molar-refractivity contribution is 0.561. The molecule has 1 aromatic carbocycles. The van der Waals surface area contributed by atoms with Crippen molar-refractivity contribution in [3.05, 3.63) is 36.2 Å². The largest absolute Gasteiger partial charge is 0.441 e. The highest BCUT2D eigenvalue weighted by atomic mass is 16.3. The number of hydrogen-bond acceptors (Lipinski definition) is 7. The Labute approximate surface area is 133 Å². The zero-order valence-electron chi connectivity index (χ0n) is 12.9. The van der Waals surface area contributed by atoms with Gasteiger partial charge in [-0.15, -0.1) is 10.2 Å². The van der Waals surface area contributed by atoms with Gasteiger partial charge in [0.1, 0.15) is 5.52 Å². The fourth-order valence-corrected chi connectivity index (χ4v) is 2.72. The summed E-state index contributed by atoms with van der Waals surface area (Å²) in [6.07, 6.45) is 0. The third kappa shape index (κ3) is 2.95. The van der Waals surface area contributed by atoms with Crippen molar-refractivity contribution in [1.29, 1.82) is 0 Å². The van der Waals surface area contributed by atoms with Crippen molar-refractivity contribution in [3.63, 3.8) is 0 Å². The number of oxazole rings is 1. The predicted octanol–water partition coefficient (Wildman–Crippen LogP) is 2.08. The molecule has 7 heteroatoms. The summed E-state index contributed by atoms with van der Waals surface area (Å²) >= 11 is 0. The van der Waals surface area contributed by atoms with E-state index < -0.39 is 0 Å². The Balaban J connectivity index is 1.50. The summed E-state index contributed by atoms with van der Waals surface area (Å²) in [4.78, 5) is 6.57. The van der Waals surface area contributed by atoms with Gasteiger partial charge in [-0.25, -0.2) is 4.98 Å². The lowest BCUT2D eigenvalue weighted by Crippen LogP contribution is -2.43. The monoisotopic (exact) mass is 310 g/mol. The number of rotatable bonds is 3. The molecule has 0 saturated carbocycles. The standard InChI is InChI=1S/C16H18N6O/c1-11-18-13-10-12(2-3-14(13)23-11)19-15-4-5-16(21-20-15)22-8-6-17-7-9-22/h2-5,10,17H,6-9H2,1H3,(H,19,20). The maximum atomic E-state index is 5.48. The van der Waals surface area contributed by atoms with Gasteiger partial charge in [0.15, 0.2) is 23.1 Å². The molecule has 23 heavy (non-hydrogen) atoms. The number of anilines is 3. The molecule has 1 aliphatic rings. The van der Waals surface area contributed by atoms with Crippen molar-refractivity contribution in [3.8, 4) is 0 Å². The first-order valence-electron chi connectivity index (χ1n) is 7.71. The topological polar surface area (TPSA) is 79.1 Å². The summed E-state index contributed by atoms with van der Waals surface area (Å²) in [6, 6.07) is 9.73. The highest BCUT2D eigenvalue weighted by Crippen LogP contribution is 2.22. The quantitative estimate of drug-likeness (QED) is 0.766. The number of benzene rings is 1. The van der Waals surface area contributed by atoms with E-state index in [9.17, 15) is 0 Å². The number of nitrogens with one attached hydrogen (secondary N) is 2. The van der Waals surface area contributed by atoms with Gasteiger partial charge in [0.05, 0.1) is 0 Å². The Kier molecular flexibility index (Phi) is 3.55. The molecule has 7 nitrogen and oxygen atoms in total. The fraction of sp³-hybridized carbons (Fsp3) is 0.312. The highest BCUT2D eigenvalue weighted by Gasteiger charge is 2.12. The van der Waals surface area contributed by atoms with Crippen LogP contribution in [0.1, 0.15) is 5.89 Å². The summed E-state index contributed by atoms with van der Waals surface area (Å²) in [5.41, 5.74) is 2.53. The van der Waals surface area contributed by atoms with Crippen LogP contribution < -0.4 is 15.5 Å². The molecule has 0 bridgehead atoms. The minimum atomic E-state index is 0.664. The van der Waals surface area contributed by atoms with E-state index in [2.05, 4.69) is 30.7 Å². The number of piperazine rings is 1. The second kappa shape index (κ2) is 5.85. The Bertz CT molecular complexity index is 807.